The van der Waals surface area contributed by atoms with Crippen LogP contribution in [0.4, 0.5) is 10.1 Å². The molecule has 0 spiro atoms. The van der Waals surface area contributed by atoms with E-state index in [2.05, 4.69) is 0 Å². The molecule has 0 aliphatic rings. The number of alkyl halides is 1. The van der Waals surface area contributed by atoms with Crippen LogP contribution in [-0.4, -0.2) is 20.9 Å². The van der Waals surface area contributed by atoms with E-state index < -0.39 is 0 Å². The quantitative estimate of drug-likeness (QED) is 0.452. The van der Waals surface area contributed by atoms with Gasteiger partial charge in [-0.15, -0.1) is 0 Å². The molecule has 11 heavy (non-hydrogen) atoms. The third kappa shape index (κ3) is 1.77. The van der Waals surface area contributed by atoms with Gasteiger partial charge in [0.1, 0.15) is 5.69 Å². The number of hydrogen-bond donors (Lipinski definition) is 0. The van der Waals surface area contributed by atoms with Crippen molar-refractivity contribution >= 4 is 5.69 Å². The fourth-order valence-electron chi connectivity index (χ4n) is 0.901. The maximum atomic E-state index is 12.4. The van der Waals surface area contributed by atoms with Gasteiger partial charge in [0.2, 0.25) is 6.80 Å². The highest BCUT2D eigenvalue weighted by Gasteiger charge is 2.16. The zero-order valence-electron chi connectivity index (χ0n) is 6.92. The van der Waals surface area contributed by atoms with Gasteiger partial charge in [0, 0.05) is 0 Å². The van der Waals surface area contributed by atoms with Gasteiger partial charge in [-0.3, -0.25) is 4.48 Å². The first-order chi connectivity index (χ1) is 5.17. The van der Waals surface area contributed by atoms with Gasteiger partial charge in [0.25, 0.3) is 0 Å². The fraction of sp³-hybridized carbons (Fsp3) is 0.333. The van der Waals surface area contributed by atoms with E-state index in [9.17, 15) is 4.39 Å². The minimum Gasteiger partial charge on any atom is -0.270 e. The molecule has 2 heteroatoms. The fourth-order valence-corrected chi connectivity index (χ4v) is 0.901. The van der Waals surface area contributed by atoms with Crippen LogP contribution in [-0.2, 0) is 0 Å². The van der Waals surface area contributed by atoms with Crippen molar-refractivity contribution in [3.63, 3.8) is 0 Å². The van der Waals surface area contributed by atoms with Gasteiger partial charge in [-0.1, -0.05) is 18.2 Å². The molecular formula is C9H13FN+. The monoisotopic (exact) mass is 154 g/mol. The average molecular weight is 154 g/mol. The highest BCUT2D eigenvalue weighted by molar-refractivity contribution is 5.40. The lowest BCUT2D eigenvalue weighted by molar-refractivity contribution is 0.265. The molecule has 0 unspecified atom stereocenters. The lowest BCUT2D eigenvalue weighted by Gasteiger charge is -2.24. The van der Waals surface area contributed by atoms with Crippen LogP contribution in [0.3, 0.4) is 0 Å². The molecule has 60 valence electrons. The van der Waals surface area contributed by atoms with Crippen molar-refractivity contribution in [1.29, 1.82) is 0 Å². The molecule has 0 aliphatic carbocycles. The van der Waals surface area contributed by atoms with Gasteiger partial charge in [-0.2, -0.15) is 4.39 Å². The largest absolute Gasteiger partial charge is 0.270 e. The maximum Gasteiger partial charge on any atom is 0.226 e. The van der Waals surface area contributed by atoms with Crippen molar-refractivity contribution in [2.45, 2.75) is 0 Å². The lowest BCUT2D eigenvalue weighted by Crippen LogP contribution is -2.39. The van der Waals surface area contributed by atoms with E-state index in [1.54, 1.807) is 0 Å². The van der Waals surface area contributed by atoms with Gasteiger partial charge in [0.05, 0.1) is 14.1 Å². The zero-order chi connectivity index (χ0) is 8.32. The molecule has 0 bridgehead atoms. The zero-order valence-corrected chi connectivity index (χ0v) is 6.92. The summed E-state index contributed by atoms with van der Waals surface area (Å²) in [5, 5.41) is 0. The minimum atomic E-state index is -0.371. The van der Waals surface area contributed by atoms with Crippen molar-refractivity contribution in [2.24, 2.45) is 0 Å². The summed E-state index contributed by atoms with van der Waals surface area (Å²) in [6, 6.07) is 9.64. The molecule has 1 nitrogen and oxygen atoms in total. The number of quaternary nitrogens is 1. The Morgan fingerprint density at radius 2 is 1.73 bits per heavy atom. The van der Waals surface area contributed by atoms with E-state index in [1.165, 1.54) is 0 Å². The first kappa shape index (κ1) is 8.21. The molecule has 0 saturated carbocycles. The normalized spacial score (nSPS) is 11.5. The maximum absolute atomic E-state index is 12.4. The topological polar surface area (TPSA) is 0 Å². The SMILES string of the molecule is C[N+](C)(CF)c1ccccc1. The molecule has 0 atom stereocenters. The molecule has 1 aromatic carbocycles. The Morgan fingerprint density at radius 3 is 2.18 bits per heavy atom. The molecule has 0 aromatic heterocycles. The second kappa shape index (κ2) is 3.01. The van der Waals surface area contributed by atoms with Crippen LogP contribution in [0.25, 0.3) is 0 Å². The van der Waals surface area contributed by atoms with Crippen LogP contribution in [0, 0.1) is 0 Å². The summed E-state index contributed by atoms with van der Waals surface area (Å²) >= 11 is 0. The summed E-state index contributed by atoms with van der Waals surface area (Å²) in [6.07, 6.45) is 0. The molecule has 1 aromatic rings. The predicted molar refractivity (Wildman–Crippen MR) is 46.1 cm³/mol. The molecule has 0 amide bonds. The first-order valence-electron chi connectivity index (χ1n) is 3.61. The van der Waals surface area contributed by atoms with E-state index in [4.69, 9.17) is 0 Å². The molecule has 0 aliphatic heterocycles. The van der Waals surface area contributed by atoms with Crippen molar-refractivity contribution in [3.05, 3.63) is 30.3 Å². The van der Waals surface area contributed by atoms with Gasteiger partial charge < -0.3 is 0 Å². The number of benzene rings is 1. The third-order valence-electron chi connectivity index (χ3n) is 1.75. The number of rotatable bonds is 2. The van der Waals surface area contributed by atoms with E-state index in [1.807, 2.05) is 44.4 Å². The van der Waals surface area contributed by atoms with Gasteiger partial charge in [-0.25, -0.2) is 0 Å². The second-order valence-electron chi connectivity index (χ2n) is 3.14. The number of nitrogens with zero attached hydrogens (tertiary/aromatic N) is 1. The van der Waals surface area contributed by atoms with E-state index >= 15 is 0 Å². The summed E-state index contributed by atoms with van der Waals surface area (Å²) in [5.74, 6) is 0. The van der Waals surface area contributed by atoms with Crippen LogP contribution in [0.2, 0.25) is 0 Å². The summed E-state index contributed by atoms with van der Waals surface area (Å²) in [5.41, 5.74) is 0.995. The second-order valence-corrected chi connectivity index (χ2v) is 3.14. The van der Waals surface area contributed by atoms with Crippen molar-refractivity contribution in [2.75, 3.05) is 20.9 Å². The molecule has 0 saturated heterocycles. The predicted octanol–water partition coefficient (Wildman–Crippen LogP) is 2.18. The molecule has 0 N–H and O–H groups in total. The average Bonchev–Trinajstić information content (AvgIpc) is 2.06. The smallest absolute Gasteiger partial charge is 0.226 e. The first-order valence-corrected chi connectivity index (χ1v) is 3.61. The van der Waals surface area contributed by atoms with Gasteiger partial charge in [0.15, 0.2) is 0 Å². The Balaban J connectivity index is 2.93. The number of halogens is 1. The van der Waals surface area contributed by atoms with Gasteiger partial charge >= 0.3 is 0 Å². The van der Waals surface area contributed by atoms with E-state index in [0.717, 1.165) is 5.69 Å². The molecule has 0 radical (unpaired) electrons. The Morgan fingerprint density at radius 1 is 1.18 bits per heavy atom. The number of hydrogen-bond acceptors (Lipinski definition) is 0. The summed E-state index contributed by atoms with van der Waals surface area (Å²) < 4.78 is 12.7. The molecule has 0 heterocycles. The van der Waals surface area contributed by atoms with Crippen LogP contribution < -0.4 is 4.48 Å². The Labute approximate surface area is 66.7 Å². The summed E-state index contributed by atoms with van der Waals surface area (Å²) in [4.78, 5) is 0. The molecular weight excluding hydrogens is 141 g/mol. The summed E-state index contributed by atoms with van der Waals surface area (Å²) in [6.45, 7) is -0.371. The standard InChI is InChI=1S/C9H13FN/c1-11(2,8-10)9-6-4-3-5-7-9/h3-7H,8H2,1-2H3/q+1. The Kier molecular flexibility index (Phi) is 2.25. The van der Waals surface area contributed by atoms with Crippen LogP contribution in [0.5, 0.6) is 0 Å². The Bertz CT molecular complexity index is 218. The summed E-state index contributed by atoms with van der Waals surface area (Å²) in [7, 11) is 3.69. The van der Waals surface area contributed by atoms with Crippen molar-refractivity contribution < 1.29 is 4.39 Å². The van der Waals surface area contributed by atoms with Gasteiger partial charge in [-0.05, 0) is 12.1 Å². The molecule has 1 rings (SSSR count). The third-order valence-corrected chi connectivity index (χ3v) is 1.75. The number of para-hydroxylation sites is 1. The van der Waals surface area contributed by atoms with Crippen LogP contribution >= 0.6 is 0 Å². The lowest BCUT2D eigenvalue weighted by atomic mass is 10.3. The van der Waals surface area contributed by atoms with E-state index in [-0.39, 0.29) is 6.80 Å². The molecule has 0 fully saturated rings. The highest BCUT2D eigenvalue weighted by atomic mass is 19.1. The van der Waals surface area contributed by atoms with Crippen molar-refractivity contribution in [3.8, 4) is 0 Å². The minimum absolute atomic E-state index is 0.292. The van der Waals surface area contributed by atoms with Crippen LogP contribution in [0.15, 0.2) is 30.3 Å². The van der Waals surface area contributed by atoms with Crippen LogP contribution in [0.1, 0.15) is 0 Å². The Hall–Kier alpha value is -0.890. The van der Waals surface area contributed by atoms with E-state index in [0.29, 0.717) is 4.48 Å². The van der Waals surface area contributed by atoms with Crippen molar-refractivity contribution in [1.82, 2.24) is 4.48 Å². The highest BCUT2D eigenvalue weighted by Crippen LogP contribution is 2.17.